The summed E-state index contributed by atoms with van der Waals surface area (Å²) in [5, 5.41) is 4.16. The molecule has 0 bridgehead atoms. The van der Waals surface area contributed by atoms with Gasteiger partial charge in [-0.1, -0.05) is 18.1 Å². The number of nitrogens with zero attached hydrogens (tertiary/aromatic N) is 3. The number of aromatic amines is 1. The predicted molar refractivity (Wildman–Crippen MR) is 228 cm³/mol. The molecular weight excluding hydrogens is 705 g/mol. The lowest BCUT2D eigenvalue weighted by molar-refractivity contribution is 0.768. The van der Waals surface area contributed by atoms with Crippen LogP contribution in [0.4, 0.5) is 0 Å². The highest BCUT2D eigenvalue weighted by Crippen LogP contribution is 2.25. The van der Waals surface area contributed by atoms with Gasteiger partial charge in [-0.15, -0.1) is 6.42 Å². The van der Waals surface area contributed by atoms with Crippen LogP contribution in [0.3, 0.4) is 0 Å². The Kier molecular flexibility index (Phi) is 23.4. The number of para-hydroxylation sites is 1. The molecule has 2 aromatic heterocycles. The highest BCUT2D eigenvalue weighted by atomic mass is 15.2. The Morgan fingerprint density at radius 3 is 1.09 bits per heavy atom. The molecule has 0 aliphatic carbocycles. The van der Waals surface area contributed by atoms with Gasteiger partial charge in [-0.25, -0.2) is 4.98 Å². The summed E-state index contributed by atoms with van der Waals surface area (Å²) in [7, 11) is 1.91. The first-order valence-electron chi connectivity index (χ1n) is 15.5. The largest absolute Gasteiger partial charge is 0.345 e. The number of aryl methyl sites for hydroxylation is 1. The molecule has 1 aromatic carbocycles. The van der Waals surface area contributed by atoms with Gasteiger partial charge in [-0.05, 0) is 108 Å². The zero-order chi connectivity index (χ0) is 41.2. The molecule has 4 heteroatoms. The summed E-state index contributed by atoms with van der Waals surface area (Å²) in [5.74, 6) is 102. The SMILES string of the molecule is C#CC#CC#CC#CC#CC#CC#CC#CC#CC#CC#CC#CC#CC#CC#CC#CC#CC#CC#CC#CC#CC.Cn1cc(-c2cccc3[nH]cnc23)cn1. The molecule has 3 rings (SSSR count). The van der Waals surface area contributed by atoms with Crippen molar-refractivity contribution in [3.8, 4) is 260 Å². The average Bonchev–Trinajstić information content (AvgIpc) is 3.91. The molecule has 0 atom stereocenters. The Hall–Kier alpha value is -11.3. The van der Waals surface area contributed by atoms with Gasteiger partial charge >= 0.3 is 0 Å². The molecule has 250 valence electrons. The molecular formula is C54H14N4. The van der Waals surface area contributed by atoms with Crippen molar-refractivity contribution < 1.29 is 0 Å². The molecule has 2 heterocycles. The fourth-order valence-electron chi connectivity index (χ4n) is 3.01. The number of hydrogen-bond acceptors (Lipinski definition) is 2. The molecule has 0 unspecified atom stereocenters. The first kappa shape index (κ1) is 42.8. The van der Waals surface area contributed by atoms with Gasteiger partial charge in [0.2, 0.25) is 0 Å². The lowest BCUT2D eigenvalue weighted by Gasteiger charge is -1.97. The summed E-state index contributed by atoms with van der Waals surface area (Å²) in [6, 6.07) is 6.09. The first-order chi connectivity index (χ1) is 28.8. The van der Waals surface area contributed by atoms with E-state index >= 15 is 0 Å². The van der Waals surface area contributed by atoms with Crippen LogP contribution in [0.5, 0.6) is 0 Å². The van der Waals surface area contributed by atoms with E-state index in [2.05, 4.69) is 264 Å². The number of H-pyrrole nitrogens is 1. The number of aromatic nitrogens is 4. The van der Waals surface area contributed by atoms with E-state index in [0.717, 1.165) is 22.2 Å². The van der Waals surface area contributed by atoms with Crippen molar-refractivity contribution in [3.05, 3.63) is 36.9 Å². The third kappa shape index (κ3) is 22.4. The standard InChI is InChI=1S/C43H4.C11H10N4/c1-3-5-7-9-11-13-15-17-19-21-23-25-27-29-31-33-35-37-39-41-43-42-40-38-36-34-32-30-28-26-24-22-20-18-16-14-12-10-8-6-4-2;1-15-6-8(5-14-15)9-3-2-4-10-11(9)13-7-12-10/h1H,2H3;2-7H,1H3,(H,12,13). The number of imidazole rings is 1. The van der Waals surface area contributed by atoms with Crippen LogP contribution in [0.1, 0.15) is 6.92 Å². The van der Waals surface area contributed by atoms with Crippen molar-refractivity contribution in [1.29, 1.82) is 0 Å². The molecule has 3 aromatic rings. The zero-order valence-electron chi connectivity index (χ0n) is 30.4. The Labute approximate surface area is 340 Å². The summed E-state index contributed by atoms with van der Waals surface area (Å²) >= 11 is 0. The van der Waals surface area contributed by atoms with Gasteiger partial charge in [-0.2, -0.15) is 5.10 Å². The lowest BCUT2D eigenvalue weighted by atomic mass is 10.1. The van der Waals surface area contributed by atoms with Crippen LogP contribution in [-0.4, -0.2) is 19.7 Å². The van der Waals surface area contributed by atoms with Crippen LogP contribution in [-0.2, 0) is 7.05 Å². The van der Waals surface area contributed by atoms with Crippen molar-refractivity contribution in [2.45, 2.75) is 6.92 Å². The second-order valence-corrected chi connectivity index (χ2v) is 8.78. The minimum atomic E-state index is 0.991. The number of fused-ring (bicyclic) bond motifs is 1. The number of rotatable bonds is 1. The maximum absolute atomic E-state index is 4.93. The fraction of sp³-hybridized carbons (Fsp3) is 0.0370. The van der Waals surface area contributed by atoms with Gasteiger partial charge in [0, 0.05) is 166 Å². The normalized spacial score (nSPS) is 5.74. The smallest absolute Gasteiger partial charge is 0.0961 e. The Morgan fingerprint density at radius 1 is 0.466 bits per heavy atom. The third-order valence-corrected chi connectivity index (χ3v) is 5.04. The molecule has 4 nitrogen and oxygen atoms in total. The molecule has 0 fully saturated rings. The molecule has 1 N–H and O–H groups in total. The molecule has 0 saturated heterocycles. The summed E-state index contributed by atoms with van der Waals surface area (Å²) in [6.07, 6.45) is 10.5. The number of benzene rings is 1. The predicted octanol–water partition coefficient (Wildman–Crippen LogP) is 2.67. The summed E-state index contributed by atoms with van der Waals surface area (Å²) in [4.78, 5) is 7.41. The van der Waals surface area contributed by atoms with Crippen LogP contribution < -0.4 is 0 Å². The minimum absolute atomic E-state index is 0.991. The molecule has 0 radical (unpaired) electrons. The Morgan fingerprint density at radius 2 is 0.793 bits per heavy atom. The molecule has 58 heavy (non-hydrogen) atoms. The topological polar surface area (TPSA) is 46.5 Å². The van der Waals surface area contributed by atoms with Crippen molar-refractivity contribution >= 4 is 11.0 Å². The van der Waals surface area contributed by atoms with Crippen LogP contribution in [0.2, 0.25) is 0 Å². The fourth-order valence-corrected chi connectivity index (χ4v) is 3.01. The number of nitrogens with one attached hydrogen (secondary N) is 1. The minimum Gasteiger partial charge on any atom is -0.345 e. The van der Waals surface area contributed by atoms with E-state index in [1.165, 1.54) is 0 Å². The zero-order valence-corrected chi connectivity index (χ0v) is 30.4. The summed E-state index contributed by atoms with van der Waals surface area (Å²) in [5.41, 5.74) is 4.25. The van der Waals surface area contributed by atoms with E-state index in [0.29, 0.717) is 0 Å². The van der Waals surface area contributed by atoms with E-state index in [4.69, 9.17) is 6.42 Å². The molecule has 0 aliphatic heterocycles. The van der Waals surface area contributed by atoms with Gasteiger partial charge in [0.25, 0.3) is 0 Å². The molecule has 0 spiro atoms. The Balaban J connectivity index is 0.000000628. The van der Waals surface area contributed by atoms with E-state index in [1.807, 2.05) is 31.6 Å². The summed E-state index contributed by atoms with van der Waals surface area (Å²) < 4.78 is 1.79. The van der Waals surface area contributed by atoms with Crippen molar-refractivity contribution in [2.24, 2.45) is 7.05 Å². The van der Waals surface area contributed by atoms with Gasteiger partial charge in [0.05, 0.1) is 23.6 Å². The van der Waals surface area contributed by atoms with Crippen molar-refractivity contribution in [1.82, 2.24) is 19.7 Å². The van der Waals surface area contributed by atoms with Gasteiger partial charge in [-0.3, -0.25) is 4.68 Å². The van der Waals surface area contributed by atoms with Crippen molar-refractivity contribution in [3.63, 3.8) is 0 Å². The second kappa shape index (κ2) is 31.6. The van der Waals surface area contributed by atoms with Crippen LogP contribution in [0.15, 0.2) is 36.9 Å². The number of terminal acetylenes is 1. The Bertz CT molecular complexity index is 3500. The molecule has 0 saturated carbocycles. The van der Waals surface area contributed by atoms with Crippen LogP contribution >= 0.6 is 0 Å². The van der Waals surface area contributed by atoms with E-state index in [9.17, 15) is 0 Å². The molecule has 0 amide bonds. The summed E-state index contributed by atoms with van der Waals surface area (Å²) in [6.45, 7) is 1.69. The van der Waals surface area contributed by atoms with Gasteiger partial charge in [0.15, 0.2) is 0 Å². The monoisotopic (exact) mass is 718 g/mol. The quantitative estimate of drug-likeness (QED) is 0.394. The van der Waals surface area contributed by atoms with E-state index < -0.39 is 0 Å². The van der Waals surface area contributed by atoms with Crippen molar-refractivity contribution in [2.75, 3.05) is 0 Å². The average molecular weight is 719 g/mol. The van der Waals surface area contributed by atoms with E-state index in [-0.39, 0.29) is 0 Å². The lowest BCUT2D eigenvalue weighted by Crippen LogP contribution is -1.84. The maximum atomic E-state index is 4.93. The highest BCUT2D eigenvalue weighted by molar-refractivity contribution is 5.91. The van der Waals surface area contributed by atoms with Crippen LogP contribution in [0, 0.1) is 249 Å². The first-order valence-corrected chi connectivity index (χ1v) is 15.5. The second-order valence-electron chi connectivity index (χ2n) is 8.78. The van der Waals surface area contributed by atoms with E-state index in [1.54, 1.807) is 17.9 Å². The van der Waals surface area contributed by atoms with Gasteiger partial charge in [0.1, 0.15) is 0 Å². The van der Waals surface area contributed by atoms with Gasteiger partial charge < -0.3 is 4.98 Å². The third-order valence-electron chi connectivity index (χ3n) is 5.04. The van der Waals surface area contributed by atoms with Crippen LogP contribution in [0.25, 0.3) is 22.2 Å². The maximum Gasteiger partial charge on any atom is 0.0961 e. The number of hydrogen-bond donors (Lipinski definition) is 1. The highest BCUT2D eigenvalue weighted by Gasteiger charge is 2.06. The molecule has 0 aliphatic rings.